The molecular weight excluding hydrogens is 410 g/mol. The zero-order chi connectivity index (χ0) is 22.9. The standard InChI is InChI=1S/C27H31N5O/c1-18(2)22-8-4-5-9-23(22)25-28-15-24-26(30-25)31(17-29-24)16-20-10-12-21(13-11-20)27(33)32-14-6-7-19(32)3/h4-5,8-13,15,18-19,29H,6-7,14,16-17H2,1-3H3/t19-/m0/s1. The van der Waals surface area contributed by atoms with Crippen molar-refractivity contribution in [3.8, 4) is 11.4 Å². The number of nitrogens with one attached hydrogen (secondary N) is 1. The average molecular weight is 442 g/mol. The first-order valence-electron chi connectivity index (χ1n) is 11.9. The van der Waals surface area contributed by atoms with Crippen LogP contribution in [0.3, 0.4) is 0 Å². The first kappa shape index (κ1) is 21.4. The molecule has 1 aromatic heterocycles. The summed E-state index contributed by atoms with van der Waals surface area (Å²) in [5, 5.41) is 3.40. The van der Waals surface area contributed by atoms with Crippen molar-refractivity contribution in [2.45, 2.75) is 52.1 Å². The van der Waals surface area contributed by atoms with Crippen molar-refractivity contribution < 1.29 is 4.79 Å². The van der Waals surface area contributed by atoms with Crippen molar-refractivity contribution in [2.75, 3.05) is 23.4 Å². The maximum atomic E-state index is 12.8. The minimum absolute atomic E-state index is 0.140. The van der Waals surface area contributed by atoms with Crippen molar-refractivity contribution in [3.63, 3.8) is 0 Å². The third-order valence-corrected chi connectivity index (χ3v) is 6.74. The van der Waals surface area contributed by atoms with E-state index in [-0.39, 0.29) is 5.91 Å². The Morgan fingerprint density at radius 2 is 1.94 bits per heavy atom. The highest BCUT2D eigenvalue weighted by Gasteiger charge is 2.26. The van der Waals surface area contributed by atoms with Crippen molar-refractivity contribution in [1.29, 1.82) is 0 Å². The van der Waals surface area contributed by atoms with Crippen LogP contribution in [0.25, 0.3) is 11.4 Å². The molecule has 6 heteroatoms. The molecule has 6 nitrogen and oxygen atoms in total. The van der Waals surface area contributed by atoms with Gasteiger partial charge in [0.05, 0.1) is 18.6 Å². The van der Waals surface area contributed by atoms with E-state index in [0.29, 0.717) is 18.6 Å². The van der Waals surface area contributed by atoms with Gasteiger partial charge in [0, 0.05) is 30.3 Å². The Bertz CT molecular complexity index is 1160. The summed E-state index contributed by atoms with van der Waals surface area (Å²) >= 11 is 0. The van der Waals surface area contributed by atoms with Crippen LogP contribution in [0.1, 0.15) is 61.0 Å². The fourth-order valence-electron chi connectivity index (χ4n) is 4.83. The first-order chi connectivity index (χ1) is 16.0. The molecule has 3 heterocycles. The van der Waals surface area contributed by atoms with Crippen LogP contribution in [0, 0.1) is 0 Å². The largest absolute Gasteiger partial charge is 0.363 e. The normalized spacial score (nSPS) is 17.4. The minimum atomic E-state index is 0.140. The Hall–Kier alpha value is -3.41. The van der Waals surface area contributed by atoms with E-state index in [1.54, 1.807) is 0 Å². The number of benzene rings is 2. The molecule has 0 saturated carbocycles. The van der Waals surface area contributed by atoms with Gasteiger partial charge in [-0.15, -0.1) is 0 Å². The van der Waals surface area contributed by atoms with Crippen LogP contribution in [-0.2, 0) is 6.54 Å². The number of amides is 1. The zero-order valence-electron chi connectivity index (χ0n) is 19.6. The highest BCUT2D eigenvalue weighted by molar-refractivity contribution is 5.94. The molecule has 0 aliphatic carbocycles. The maximum absolute atomic E-state index is 12.8. The second kappa shape index (κ2) is 8.85. The molecule has 33 heavy (non-hydrogen) atoms. The molecule has 3 aromatic rings. The molecule has 1 N–H and O–H groups in total. The summed E-state index contributed by atoms with van der Waals surface area (Å²) in [6.07, 6.45) is 4.07. The number of anilines is 2. The molecule has 1 amide bonds. The highest BCUT2D eigenvalue weighted by Crippen LogP contribution is 2.34. The first-order valence-corrected chi connectivity index (χ1v) is 11.9. The number of carbonyl (C=O) groups is 1. The van der Waals surface area contributed by atoms with Gasteiger partial charge in [-0.05, 0) is 48.9 Å². The van der Waals surface area contributed by atoms with Crippen molar-refractivity contribution in [3.05, 3.63) is 71.4 Å². The van der Waals surface area contributed by atoms with Gasteiger partial charge >= 0.3 is 0 Å². The molecule has 5 rings (SSSR count). The van der Waals surface area contributed by atoms with E-state index in [4.69, 9.17) is 4.98 Å². The second-order valence-corrected chi connectivity index (χ2v) is 9.39. The molecule has 2 aliphatic rings. The molecule has 170 valence electrons. The fourth-order valence-corrected chi connectivity index (χ4v) is 4.83. The quantitative estimate of drug-likeness (QED) is 0.584. The summed E-state index contributed by atoms with van der Waals surface area (Å²) in [5.74, 6) is 2.22. The number of hydrogen-bond acceptors (Lipinski definition) is 5. The van der Waals surface area contributed by atoms with E-state index in [1.807, 2.05) is 29.3 Å². The topological polar surface area (TPSA) is 61.4 Å². The lowest BCUT2D eigenvalue weighted by Crippen LogP contribution is -2.33. The van der Waals surface area contributed by atoms with E-state index in [2.05, 4.69) is 66.3 Å². The van der Waals surface area contributed by atoms with Crippen LogP contribution >= 0.6 is 0 Å². The molecule has 0 spiro atoms. The number of carbonyl (C=O) groups excluding carboxylic acids is 1. The lowest BCUT2D eigenvalue weighted by molar-refractivity contribution is 0.0747. The Morgan fingerprint density at radius 3 is 2.67 bits per heavy atom. The summed E-state index contributed by atoms with van der Waals surface area (Å²) in [5.41, 5.74) is 5.21. The van der Waals surface area contributed by atoms with E-state index in [1.165, 1.54) is 5.56 Å². The third kappa shape index (κ3) is 4.17. The van der Waals surface area contributed by atoms with Gasteiger partial charge < -0.3 is 15.1 Å². The number of rotatable bonds is 5. The van der Waals surface area contributed by atoms with Crippen LogP contribution in [0.4, 0.5) is 11.5 Å². The van der Waals surface area contributed by atoms with E-state index in [9.17, 15) is 4.79 Å². The highest BCUT2D eigenvalue weighted by atomic mass is 16.2. The molecular formula is C27H31N5O. The minimum Gasteiger partial charge on any atom is -0.363 e. The van der Waals surface area contributed by atoms with Crippen molar-refractivity contribution in [1.82, 2.24) is 14.9 Å². The maximum Gasteiger partial charge on any atom is 0.254 e. The van der Waals surface area contributed by atoms with Gasteiger partial charge in [-0.2, -0.15) is 0 Å². The Morgan fingerprint density at radius 1 is 1.15 bits per heavy atom. The van der Waals surface area contributed by atoms with Gasteiger partial charge in [-0.25, -0.2) is 9.97 Å². The lowest BCUT2D eigenvalue weighted by atomic mass is 9.97. The fraction of sp³-hybridized carbons (Fsp3) is 0.370. The van der Waals surface area contributed by atoms with Gasteiger partial charge in [0.25, 0.3) is 5.91 Å². The molecule has 0 bridgehead atoms. The number of nitrogens with zero attached hydrogens (tertiary/aromatic N) is 4. The lowest BCUT2D eigenvalue weighted by Gasteiger charge is -2.22. The van der Waals surface area contributed by atoms with Gasteiger partial charge in [-0.3, -0.25) is 4.79 Å². The van der Waals surface area contributed by atoms with Gasteiger partial charge in [-0.1, -0.05) is 50.2 Å². The molecule has 2 aromatic carbocycles. The number of hydrogen-bond donors (Lipinski definition) is 1. The molecule has 0 radical (unpaired) electrons. The Kier molecular flexibility index (Phi) is 5.75. The zero-order valence-corrected chi connectivity index (χ0v) is 19.6. The number of likely N-dealkylation sites (tertiary alicyclic amines) is 1. The SMILES string of the molecule is CC(C)c1ccccc1-c1ncc2c(n1)N(Cc1ccc(C(=O)N3CCC[C@@H]3C)cc1)CN2. The van der Waals surface area contributed by atoms with Gasteiger partial charge in [0.1, 0.15) is 0 Å². The Labute approximate surface area is 195 Å². The third-order valence-electron chi connectivity index (χ3n) is 6.74. The average Bonchev–Trinajstić information content (AvgIpc) is 3.44. The van der Waals surface area contributed by atoms with E-state index in [0.717, 1.165) is 60.0 Å². The van der Waals surface area contributed by atoms with Gasteiger partial charge in [0.2, 0.25) is 0 Å². The van der Waals surface area contributed by atoms with Crippen LogP contribution < -0.4 is 10.2 Å². The van der Waals surface area contributed by atoms with Gasteiger partial charge in [0.15, 0.2) is 11.6 Å². The molecule has 0 unspecified atom stereocenters. The molecule has 2 aliphatic heterocycles. The summed E-state index contributed by atoms with van der Waals surface area (Å²) in [6, 6.07) is 16.7. The summed E-state index contributed by atoms with van der Waals surface area (Å²) < 4.78 is 0. The summed E-state index contributed by atoms with van der Waals surface area (Å²) in [6.45, 7) is 8.78. The predicted molar refractivity (Wildman–Crippen MR) is 132 cm³/mol. The molecule has 1 saturated heterocycles. The van der Waals surface area contributed by atoms with E-state index >= 15 is 0 Å². The van der Waals surface area contributed by atoms with E-state index < -0.39 is 0 Å². The van der Waals surface area contributed by atoms with Crippen LogP contribution in [0.15, 0.2) is 54.7 Å². The van der Waals surface area contributed by atoms with Crippen molar-refractivity contribution >= 4 is 17.4 Å². The number of fused-ring (bicyclic) bond motifs is 1. The van der Waals surface area contributed by atoms with Crippen molar-refractivity contribution in [2.24, 2.45) is 0 Å². The second-order valence-electron chi connectivity index (χ2n) is 9.39. The predicted octanol–water partition coefficient (Wildman–Crippen LogP) is 5.28. The smallest absolute Gasteiger partial charge is 0.254 e. The Balaban J connectivity index is 1.35. The molecule has 1 atom stereocenters. The monoisotopic (exact) mass is 441 g/mol. The van der Waals surface area contributed by atoms with Crippen LogP contribution in [-0.4, -0.2) is 40.0 Å². The van der Waals surface area contributed by atoms with Crippen LogP contribution in [0.2, 0.25) is 0 Å². The molecule has 1 fully saturated rings. The number of aromatic nitrogens is 2. The van der Waals surface area contributed by atoms with Crippen LogP contribution in [0.5, 0.6) is 0 Å². The summed E-state index contributed by atoms with van der Waals surface area (Å²) in [4.78, 5) is 26.6. The summed E-state index contributed by atoms with van der Waals surface area (Å²) in [7, 11) is 0.